The lowest BCUT2D eigenvalue weighted by atomic mass is 9.97. The molecule has 146 valence electrons. The van der Waals surface area contributed by atoms with Crippen molar-refractivity contribution in [1.82, 2.24) is 25.4 Å². The van der Waals surface area contributed by atoms with Crippen LogP contribution in [0.25, 0.3) is 0 Å². The lowest BCUT2D eigenvalue weighted by Gasteiger charge is -2.39. The van der Waals surface area contributed by atoms with Crippen LogP contribution in [-0.4, -0.2) is 33.1 Å². The Morgan fingerprint density at radius 3 is 2.59 bits per heavy atom. The van der Waals surface area contributed by atoms with E-state index in [9.17, 15) is 4.79 Å². The van der Waals surface area contributed by atoms with Crippen LogP contribution in [0, 0.1) is 0 Å². The number of amides is 1. The average Bonchev–Trinajstić information content (AvgIpc) is 2.77. The van der Waals surface area contributed by atoms with Crippen molar-refractivity contribution in [1.29, 1.82) is 0 Å². The summed E-state index contributed by atoms with van der Waals surface area (Å²) in [6.07, 6.45) is 6.09. The standard InChI is InChI=1S/C21H18ClN5O2/c1-29-16-7-4-14(5-8-16)20(15-6-9-18(22)23-13-15)27-12-10-19(28)25-21(27)17-3-2-11-24-26-17/h2-13,20-21H,1H3,(H,25,28). The van der Waals surface area contributed by atoms with Crippen LogP contribution in [0.3, 0.4) is 0 Å². The third-order valence-corrected chi connectivity index (χ3v) is 4.87. The van der Waals surface area contributed by atoms with Gasteiger partial charge >= 0.3 is 0 Å². The Balaban J connectivity index is 1.82. The van der Waals surface area contributed by atoms with Gasteiger partial charge in [-0.3, -0.25) is 4.79 Å². The number of hydrogen-bond donors (Lipinski definition) is 1. The summed E-state index contributed by atoms with van der Waals surface area (Å²) in [6.45, 7) is 0. The molecular weight excluding hydrogens is 390 g/mol. The molecule has 0 saturated carbocycles. The number of pyridine rings is 1. The van der Waals surface area contributed by atoms with E-state index < -0.39 is 6.17 Å². The van der Waals surface area contributed by atoms with Crippen LogP contribution < -0.4 is 10.1 Å². The summed E-state index contributed by atoms with van der Waals surface area (Å²) in [5, 5.41) is 11.5. The summed E-state index contributed by atoms with van der Waals surface area (Å²) >= 11 is 6.00. The summed E-state index contributed by atoms with van der Waals surface area (Å²) in [5.74, 6) is 0.564. The van der Waals surface area contributed by atoms with Crippen molar-refractivity contribution in [2.24, 2.45) is 0 Å². The van der Waals surface area contributed by atoms with E-state index in [1.807, 2.05) is 41.3 Å². The van der Waals surface area contributed by atoms with Gasteiger partial charge in [-0.2, -0.15) is 10.2 Å². The molecule has 2 aromatic heterocycles. The number of benzene rings is 1. The van der Waals surface area contributed by atoms with Gasteiger partial charge in [-0.1, -0.05) is 29.8 Å². The molecule has 3 heterocycles. The van der Waals surface area contributed by atoms with E-state index in [0.717, 1.165) is 16.9 Å². The van der Waals surface area contributed by atoms with Gasteiger partial charge in [0.05, 0.1) is 13.2 Å². The van der Waals surface area contributed by atoms with Gasteiger partial charge in [0.25, 0.3) is 0 Å². The minimum absolute atomic E-state index is 0.195. The molecule has 2 unspecified atom stereocenters. The fourth-order valence-corrected chi connectivity index (χ4v) is 3.40. The molecule has 0 fully saturated rings. The van der Waals surface area contributed by atoms with Gasteiger partial charge < -0.3 is 15.0 Å². The molecule has 0 saturated heterocycles. The first-order valence-corrected chi connectivity index (χ1v) is 9.32. The molecule has 4 rings (SSSR count). The van der Waals surface area contributed by atoms with Crippen LogP contribution in [0.2, 0.25) is 5.15 Å². The molecule has 1 aromatic carbocycles. The highest BCUT2D eigenvalue weighted by Gasteiger charge is 2.32. The van der Waals surface area contributed by atoms with Crippen LogP contribution in [0.4, 0.5) is 0 Å². The predicted molar refractivity (Wildman–Crippen MR) is 108 cm³/mol. The quantitative estimate of drug-likeness (QED) is 0.654. The summed E-state index contributed by atoms with van der Waals surface area (Å²) in [4.78, 5) is 18.4. The normalized spacial score (nSPS) is 17.0. The maximum atomic E-state index is 12.1. The van der Waals surface area contributed by atoms with Gasteiger partial charge in [0.1, 0.15) is 22.8 Å². The molecule has 0 radical (unpaired) electrons. The van der Waals surface area contributed by atoms with E-state index in [4.69, 9.17) is 16.3 Å². The van der Waals surface area contributed by atoms with E-state index in [1.54, 1.807) is 37.8 Å². The Morgan fingerprint density at radius 1 is 1.14 bits per heavy atom. The molecule has 1 aliphatic heterocycles. The SMILES string of the molecule is COc1ccc(C(c2ccc(Cl)nc2)N2C=CC(=O)NC2c2cccnn2)cc1. The minimum Gasteiger partial charge on any atom is -0.497 e. The van der Waals surface area contributed by atoms with Crippen LogP contribution >= 0.6 is 11.6 Å². The van der Waals surface area contributed by atoms with Crippen molar-refractivity contribution >= 4 is 17.5 Å². The number of carbonyl (C=O) groups is 1. The highest BCUT2D eigenvalue weighted by Crippen LogP contribution is 2.36. The molecule has 0 spiro atoms. The smallest absolute Gasteiger partial charge is 0.247 e. The lowest BCUT2D eigenvalue weighted by molar-refractivity contribution is -0.119. The third kappa shape index (κ3) is 4.05. The third-order valence-electron chi connectivity index (χ3n) is 4.64. The summed E-state index contributed by atoms with van der Waals surface area (Å²) in [7, 11) is 1.63. The highest BCUT2D eigenvalue weighted by molar-refractivity contribution is 6.29. The number of halogens is 1. The summed E-state index contributed by atoms with van der Waals surface area (Å²) < 4.78 is 5.29. The molecular formula is C21H18ClN5O2. The van der Waals surface area contributed by atoms with Crippen molar-refractivity contribution < 1.29 is 9.53 Å². The van der Waals surface area contributed by atoms with Crippen molar-refractivity contribution in [3.63, 3.8) is 0 Å². The van der Waals surface area contributed by atoms with Crippen molar-refractivity contribution in [2.45, 2.75) is 12.2 Å². The molecule has 1 amide bonds. The van der Waals surface area contributed by atoms with Gasteiger partial charge in [0.15, 0.2) is 0 Å². The Labute approximate surface area is 173 Å². The summed E-state index contributed by atoms with van der Waals surface area (Å²) in [5.41, 5.74) is 2.53. The second-order valence-corrected chi connectivity index (χ2v) is 6.80. The van der Waals surface area contributed by atoms with Gasteiger partial charge in [-0.05, 0) is 41.5 Å². The molecule has 0 aliphatic carbocycles. The number of carbonyl (C=O) groups excluding carboxylic acids is 1. The van der Waals surface area contributed by atoms with E-state index in [2.05, 4.69) is 20.5 Å². The van der Waals surface area contributed by atoms with Crippen LogP contribution in [0.15, 0.2) is 73.2 Å². The van der Waals surface area contributed by atoms with Gasteiger partial charge in [-0.15, -0.1) is 0 Å². The molecule has 0 bridgehead atoms. The molecule has 1 N–H and O–H groups in total. The Bertz CT molecular complexity index is 1010. The number of ether oxygens (including phenoxy) is 1. The van der Waals surface area contributed by atoms with E-state index >= 15 is 0 Å². The van der Waals surface area contributed by atoms with Crippen LogP contribution in [0.1, 0.15) is 29.0 Å². The number of methoxy groups -OCH3 is 1. The second kappa shape index (κ2) is 8.28. The Morgan fingerprint density at radius 2 is 1.93 bits per heavy atom. The predicted octanol–water partition coefficient (Wildman–Crippen LogP) is 3.27. The van der Waals surface area contributed by atoms with Gasteiger partial charge in [-0.25, -0.2) is 4.98 Å². The molecule has 1 aliphatic rings. The number of hydrogen-bond acceptors (Lipinski definition) is 6. The topological polar surface area (TPSA) is 80.2 Å². The highest BCUT2D eigenvalue weighted by atomic mass is 35.5. The first-order valence-electron chi connectivity index (χ1n) is 8.95. The van der Waals surface area contributed by atoms with E-state index in [0.29, 0.717) is 10.8 Å². The maximum absolute atomic E-state index is 12.1. The first-order chi connectivity index (χ1) is 14.2. The number of rotatable bonds is 5. The fourth-order valence-electron chi connectivity index (χ4n) is 3.29. The zero-order valence-corrected chi connectivity index (χ0v) is 16.3. The largest absolute Gasteiger partial charge is 0.497 e. The number of aromatic nitrogens is 3. The molecule has 8 heteroatoms. The minimum atomic E-state index is -0.496. The van der Waals surface area contributed by atoms with E-state index in [-0.39, 0.29) is 11.9 Å². The Kier molecular flexibility index (Phi) is 5.39. The van der Waals surface area contributed by atoms with Gasteiger partial charge in [0, 0.05) is 24.7 Å². The second-order valence-electron chi connectivity index (χ2n) is 6.41. The first kappa shape index (κ1) is 18.9. The molecule has 7 nitrogen and oxygen atoms in total. The fraction of sp³-hybridized carbons (Fsp3) is 0.143. The van der Waals surface area contributed by atoms with Crippen molar-refractivity contribution in [3.05, 3.63) is 95.2 Å². The van der Waals surface area contributed by atoms with Crippen LogP contribution in [-0.2, 0) is 4.79 Å². The van der Waals surface area contributed by atoms with Crippen molar-refractivity contribution in [2.75, 3.05) is 7.11 Å². The van der Waals surface area contributed by atoms with E-state index in [1.165, 1.54) is 6.08 Å². The molecule has 29 heavy (non-hydrogen) atoms. The van der Waals surface area contributed by atoms with Gasteiger partial charge in [0.2, 0.25) is 5.91 Å². The van der Waals surface area contributed by atoms with Crippen molar-refractivity contribution in [3.8, 4) is 5.75 Å². The monoisotopic (exact) mass is 407 g/mol. The Hall–Kier alpha value is -3.45. The zero-order chi connectivity index (χ0) is 20.2. The zero-order valence-electron chi connectivity index (χ0n) is 15.6. The lowest BCUT2D eigenvalue weighted by Crippen LogP contribution is -2.44. The number of nitrogens with zero attached hydrogens (tertiary/aromatic N) is 4. The van der Waals surface area contributed by atoms with Crippen LogP contribution in [0.5, 0.6) is 5.75 Å². The summed E-state index contributed by atoms with van der Waals surface area (Å²) in [6, 6.07) is 14.8. The maximum Gasteiger partial charge on any atom is 0.247 e. The average molecular weight is 408 g/mol. The molecule has 3 aromatic rings. The number of nitrogens with one attached hydrogen (secondary N) is 1. The molecule has 2 atom stereocenters.